The number of nitrogens with one attached hydrogen (secondary N) is 2. The number of hydrogen-bond donors (Lipinski definition) is 2. The van der Waals surface area contributed by atoms with Crippen molar-refractivity contribution in [3.05, 3.63) is 24.1 Å². The first-order chi connectivity index (χ1) is 11.6. The molecule has 1 aromatic heterocycles. The first-order valence-corrected chi connectivity index (χ1v) is 8.58. The Balaban J connectivity index is 2.36. The number of carbonyl (C=O) groups excluding carboxylic acids is 1. The van der Waals surface area contributed by atoms with Crippen molar-refractivity contribution in [2.45, 2.75) is 59.4 Å². The van der Waals surface area contributed by atoms with Crippen molar-refractivity contribution in [1.29, 1.82) is 0 Å². The van der Waals surface area contributed by atoms with E-state index in [9.17, 15) is 4.79 Å². The Kier molecular flexibility index (Phi) is 6.35. The second-order valence-electron chi connectivity index (χ2n) is 5.83. The predicted molar refractivity (Wildman–Crippen MR) is 96.0 cm³/mol. The summed E-state index contributed by atoms with van der Waals surface area (Å²) in [5, 5.41) is 14.5. The van der Waals surface area contributed by atoms with Gasteiger partial charge >= 0.3 is 0 Å². The number of carbonyl (C=O) groups is 1. The van der Waals surface area contributed by atoms with Crippen LogP contribution in [0.4, 0.5) is 11.4 Å². The highest BCUT2D eigenvalue weighted by Crippen LogP contribution is 2.31. The van der Waals surface area contributed by atoms with Gasteiger partial charge in [-0.2, -0.15) is 0 Å². The molecule has 2 rings (SSSR count). The lowest BCUT2D eigenvalue weighted by Gasteiger charge is -2.20. The van der Waals surface area contributed by atoms with E-state index in [0.717, 1.165) is 36.2 Å². The van der Waals surface area contributed by atoms with Crippen molar-refractivity contribution in [3.63, 3.8) is 0 Å². The zero-order chi connectivity index (χ0) is 17.5. The predicted octanol–water partition coefficient (Wildman–Crippen LogP) is 4.38. The number of hydrogen-bond acceptors (Lipinski definition) is 5. The number of aryl methyl sites for hydroxylation is 1. The molecule has 0 spiro atoms. The molecule has 0 fully saturated rings. The third-order valence-corrected chi connectivity index (χ3v) is 3.87. The summed E-state index contributed by atoms with van der Waals surface area (Å²) in [5.41, 5.74) is 2.47. The Morgan fingerprint density at radius 1 is 1.25 bits per heavy atom. The fourth-order valence-corrected chi connectivity index (χ4v) is 2.53. The molecule has 6 heteroatoms. The van der Waals surface area contributed by atoms with Crippen molar-refractivity contribution in [3.8, 4) is 11.5 Å². The second kappa shape index (κ2) is 8.47. The van der Waals surface area contributed by atoms with Gasteiger partial charge in [0.1, 0.15) is 0 Å². The van der Waals surface area contributed by atoms with Gasteiger partial charge in [-0.3, -0.25) is 4.79 Å². The summed E-state index contributed by atoms with van der Waals surface area (Å²) in [4.78, 5) is 11.6. The Hall–Kier alpha value is -2.37. The summed E-state index contributed by atoms with van der Waals surface area (Å²) in [5.74, 6) is 0.939. The highest BCUT2D eigenvalue weighted by atomic mass is 16.4. The van der Waals surface area contributed by atoms with Gasteiger partial charge in [0.05, 0.1) is 5.56 Å². The zero-order valence-corrected chi connectivity index (χ0v) is 14.8. The van der Waals surface area contributed by atoms with Crippen LogP contribution in [0.15, 0.2) is 22.6 Å². The van der Waals surface area contributed by atoms with Gasteiger partial charge in [-0.05, 0) is 31.0 Å². The number of rotatable bonds is 8. The maximum absolute atomic E-state index is 11.6. The van der Waals surface area contributed by atoms with Crippen LogP contribution in [-0.4, -0.2) is 22.1 Å². The second-order valence-corrected chi connectivity index (χ2v) is 5.83. The molecule has 1 amide bonds. The van der Waals surface area contributed by atoms with E-state index in [0.29, 0.717) is 24.2 Å². The minimum absolute atomic E-state index is 0.0270. The van der Waals surface area contributed by atoms with Gasteiger partial charge in [0, 0.05) is 30.8 Å². The summed E-state index contributed by atoms with van der Waals surface area (Å²) < 4.78 is 5.60. The van der Waals surface area contributed by atoms with Crippen LogP contribution in [0.3, 0.4) is 0 Å². The molecule has 1 unspecified atom stereocenters. The van der Waals surface area contributed by atoms with Gasteiger partial charge in [-0.25, -0.2) is 0 Å². The van der Waals surface area contributed by atoms with Gasteiger partial charge < -0.3 is 15.1 Å². The first kappa shape index (κ1) is 18.0. The van der Waals surface area contributed by atoms with Gasteiger partial charge in [0.15, 0.2) is 0 Å². The summed E-state index contributed by atoms with van der Waals surface area (Å²) in [7, 11) is 0. The Bertz CT molecular complexity index is 681. The van der Waals surface area contributed by atoms with E-state index in [1.807, 2.05) is 25.1 Å². The van der Waals surface area contributed by atoms with Crippen LogP contribution in [0.2, 0.25) is 0 Å². The zero-order valence-electron chi connectivity index (χ0n) is 14.8. The molecule has 0 aliphatic carbocycles. The molecular weight excluding hydrogens is 304 g/mol. The van der Waals surface area contributed by atoms with E-state index in [4.69, 9.17) is 4.42 Å². The lowest BCUT2D eigenvalue weighted by atomic mass is 10.1. The molecule has 2 N–H and O–H groups in total. The molecule has 130 valence electrons. The highest BCUT2D eigenvalue weighted by molar-refractivity contribution is 5.92. The van der Waals surface area contributed by atoms with E-state index in [1.165, 1.54) is 0 Å². The van der Waals surface area contributed by atoms with Gasteiger partial charge in [-0.15, -0.1) is 10.2 Å². The maximum Gasteiger partial charge on any atom is 0.249 e. The minimum Gasteiger partial charge on any atom is -0.421 e. The van der Waals surface area contributed by atoms with E-state index in [-0.39, 0.29) is 5.91 Å². The van der Waals surface area contributed by atoms with E-state index in [1.54, 1.807) is 6.92 Å². The summed E-state index contributed by atoms with van der Waals surface area (Å²) in [6.07, 6.45) is 3.67. The number of anilines is 2. The third kappa shape index (κ3) is 4.57. The molecule has 2 aromatic rings. The molecule has 1 heterocycles. The van der Waals surface area contributed by atoms with Crippen molar-refractivity contribution >= 4 is 17.3 Å². The Morgan fingerprint density at radius 3 is 2.62 bits per heavy atom. The van der Waals surface area contributed by atoms with Crippen LogP contribution in [0.5, 0.6) is 0 Å². The molecule has 1 aromatic carbocycles. The average molecular weight is 330 g/mol. The van der Waals surface area contributed by atoms with E-state index < -0.39 is 0 Å². The summed E-state index contributed by atoms with van der Waals surface area (Å²) in [6, 6.07) is 6.11. The molecule has 24 heavy (non-hydrogen) atoms. The topological polar surface area (TPSA) is 80.0 Å². The van der Waals surface area contributed by atoms with Crippen LogP contribution >= 0.6 is 0 Å². The SMILES string of the molecule is CCCC(CC)Nc1ccc(NC(=O)CC)cc1-c1nnc(C)o1. The molecular formula is C18H26N4O2. The minimum atomic E-state index is -0.0270. The van der Waals surface area contributed by atoms with Crippen LogP contribution in [0, 0.1) is 6.92 Å². The fourth-order valence-electron chi connectivity index (χ4n) is 2.53. The van der Waals surface area contributed by atoms with Crippen molar-refractivity contribution in [1.82, 2.24) is 10.2 Å². The Morgan fingerprint density at radius 2 is 2.04 bits per heavy atom. The van der Waals surface area contributed by atoms with Crippen LogP contribution in [0.25, 0.3) is 11.5 Å². The first-order valence-electron chi connectivity index (χ1n) is 8.58. The number of aromatic nitrogens is 2. The van der Waals surface area contributed by atoms with Crippen LogP contribution in [-0.2, 0) is 4.79 Å². The average Bonchev–Trinajstić information content (AvgIpc) is 3.01. The maximum atomic E-state index is 11.6. The molecule has 0 saturated carbocycles. The lowest BCUT2D eigenvalue weighted by molar-refractivity contribution is -0.115. The molecule has 0 radical (unpaired) electrons. The third-order valence-electron chi connectivity index (χ3n) is 3.87. The number of nitrogens with zero attached hydrogens (tertiary/aromatic N) is 2. The highest BCUT2D eigenvalue weighted by Gasteiger charge is 2.15. The van der Waals surface area contributed by atoms with E-state index in [2.05, 4.69) is 34.7 Å². The van der Waals surface area contributed by atoms with Crippen molar-refractivity contribution < 1.29 is 9.21 Å². The summed E-state index contributed by atoms with van der Waals surface area (Å²) in [6.45, 7) is 7.93. The van der Waals surface area contributed by atoms with Crippen molar-refractivity contribution in [2.24, 2.45) is 0 Å². The van der Waals surface area contributed by atoms with Gasteiger partial charge in [0.25, 0.3) is 0 Å². The van der Waals surface area contributed by atoms with E-state index >= 15 is 0 Å². The van der Waals surface area contributed by atoms with Crippen LogP contribution < -0.4 is 10.6 Å². The smallest absolute Gasteiger partial charge is 0.249 e. The van der Waals surface area contributed by atoms with Gasteiger partial charge in [-0.1, -0.05) is 27.2 Å². The lowest BCUT2D eigenvalue weighted by Crippen LogP contribution is -2.18. The van der Waals surface area contributed by atoms with Crippen molar-refractivity contribution in [2.75, 3.05) is 10.6 Å². The Labute approximate surface area is 143 Å². The van der Waals surface area contributed by atoms with Crippen LogP contribution in [0.1, 0.15) is 52.3 Å². The summed E-state index contributed by atoms with van der Waals surface area (Å²) >= 11 is 0. The molecule has 0 saturated heterocycles. The largest absolute Gasteiger partial charge is 0.421 e. The molecule has 1 atom stereocenters. The molecule has 0 bridgehead atoms. The number of benzene rings is 1. The fraction of sp³-hybridized carbons (Fsp3) is 0.500. The monoisotopic (exact) mass is 330 g/mol. The molecule has 0 aliphatic heterocycles. The molecule has 6 nitrogen and oxygen atoms in total. The standard InChI is InChI=1S/C18H26N4O2/c1-5-8-13(6-2)19-16-10-9-14(20-17(23)7-3)11-15(16)18-22-21-12(4)24-18/h9-11,13,19H,5-8H2,1-4H3,(H,20,23). The van der Waals surface area contributed by atoms with Gasteiger partial charge in [0.2, 0.25) is 17.7 Å². The number of amides is 1. The molecule has 0 aliphatic rings. The normalized spacial score (nSPS) is 12.0. The quantitative estimate of drug-likeness (QED) is 0.750.